The van der Waals surface area contributed by atoms with Crippen LogP contribution in [0.4, 0.5) is 42.0 Å². The number of hydrogen-bond donors (Lipinski definition) is 4. The number of methoxy groups -OCH3 is 1. The first-order valence-corrected chi connectivity index (χ1v) is 22.7. The van der Waals surface area contributed by atoms with E-state index in [9.17, 15) is 13.2 Å². The number of carbonyl (C=O) groups is 1. The van der Waals surface area contributed by atoms with Gasteiger partial charge < -0.3 is 30.7 Å². The molecule has 0 aliphatic carbocycles. The standard InChI is InChI=1S/C38H48BrN12OP.C2HF3O2/c1-48-24-26(19-44-48)28-17-32(46-38-43-22-29(39)37(47-38)45-31-6-5-30-35(36(31)53(3)4)42-10-9-41-30)34(52-2)18-33(28)51-15-13-49(14-16-51)23-25-7-11-50(12-8-25)27-20-40-21-27;3-2(4,5)1(6)7/h5-6,9-10,17-19,22,24-25,27,40H,7-8,11-16,20-21,23H2,1-4H3,(H2,43,45,46,47);(H,6,7). The van der Waals surface area contributed by atoms with Crippen LogP contribution in [-0.4, -0.2) is 142 Å². The maximum absolute atomic E-state index is 10.6. The molecule has 2 aromatic carbocycles. The van der Waals surface area contributed by atoms with Crippen molar-refractivity contribution in [3.05, 3.63) is 59.7 Å². The highest BCUT2D eigenvalue weighted by atomic mass is 79.9. The Kier molecular flexibility index (Phi) is 13.7. The number of ether oxygens (including phenoxy) is 1. The van der Waals surface area contributed by atoms with Crippen molar-refractivity contribution >= 4 is 75.0 Å². The molecule has 320 valence electrons. The first kappa shape index (κ1) is 43.4. The fraction of sp³-hybridized carbons (Fsp3) is 0.450. The van der Waals surface area contributed by atoms with E-state index in [0.29, 0.717) is 11.8 Å². The summed E-state index contributed by atoms with van der Waals surface area (Å²) in [5, 5.41) is 23.2. The Hall–Kier alpha value is -4.68. The minimum Gasteiger partial charge on any atom is -0.494 e. The number of aliphatic carboxylic acids is 1. The molecular weight excluding hydrogens is 864 g/mol. The number of hydrogen-bond acceptors (Lipinski definition) is 13. The van der Waals surface area contributed by atoms with Crippen LogP contribution in [0.1, 0.15) is 12.8 Å². The van der Waals surface area contributed by atoms with Gasteiger partial charge >= 0.3 is 12.1 Å². The lowest BCUT2D eigenvalue weighted by Gasteiger charge is -2.44. The second kappa shape index (κ2) is 18.9. The van der Waals surface area contributed by atoms with E-state index in [1.165, 1.54) is 32.5 Å². The average Bonchev–Trinajstić information content (AvgIpc) is 3.65. The maximum Gasteiger partial charge on any atom is 0.490 e. The zero-order valence-corrected chi connectivity index (χ0v) is 36.4. The molecule has 3 saturated heterocycles. The number of piperidine rings is 1. The lowest BCUT2D eigenvalue weighted by atomic mass is 9.94. The van der Waals surface area contributed by atoms with Crippen LogP contribution in [0.5, 0.6) is 5.75 Å². The van der Waals surface area contributed by atoms with Gasteiger partial charge in [0.25, 0.3) is 0 Å². The molecule has 0 unspecified atom stereocenters. The predicted molar refractivity (Wildman–Crippen MR) is 233 cm³/mol. The third kappa shape index (κ3) is 10.3. The van der Waals surface area contributed by atoms with Crippen LogP contribution in [-0.2, 0) is 11.8 Å². The first-order valence-electron chi connectivity index (χ1n) is 19.7. The number of rotatable bonds is 11. The van der Waals surface area contributed by atoms with E-state index in [2.05, 4.69) is 104 Å². The van der Waals surface area contributed by atoms with E-state index in [0.717, 1.165) is 106 Å². The number of anilines is 5. The summed E-state index contributed by atoms with van der Waals surface area (Å²) >= 11 is 3.67. The van der Waals surface area contributed by atoms with Crippen LogP contribution in [0, 0.1) is 5.92 Å². The summed E-state index contributed by atoms with van der Waals surface area (Å²) in [4.78, 5) is 35.5. The molecular formula is C40H49BrF3N12O3P. The molecule has 0 atom stereocenters. The summed E-state index contributed by atoms with van der Waals surface area (Å²) in [7, 11) is 3.18. The van der Waals surface area contributed by atoms with Crippen LogP contribution in [0.3, 0.4) is 0 Å². The van der Waals surface area contributed by atoms with Gasteiger partial charge in [-0.25, -0.2) is 9.78 Å². The van der Waals surface area contributed by atoms with Crippen LogP contribution >= 0.6 is 23.9 Å². The number of aryl methyl sites for hydroxylation is 1. The minimum atomic E-state index is -5.08. The van der Waals surface area contributed by atoms with Gasteiger partial charge in [-0.2, -0.15) is 23.3 Å². The number of piperazine rings is 1. The quantitative estimate of drug-likeness (QED) is 0.116. The van der Waals surface area contributed by atoms with Crippen LogP contribution in [0.15, 0.2) is 59.7 Å². The number of aromatic nitrogens is 6. The smallest absolute Gasteiger partial charge is 0.490 e. The summed E-state index contributed by atoms with van der Waals surface area (Å²) in [5.74, 6) is -0.153. The minimum absolute atomic E-state index is 0.445. The topological polar surface area (TPSA) is 162 Å². The lowest BCUT2D eigenvalue weighted by molar-refractivity contribution is -0.192. The van der Waals surface area contributed by atoms with Crippen molar-refractivity contribution in [2.24, 2.45) is 13.0 Å². The van der Waals surface area contributed by atoms with Gasteiger partial charge in [-0.3, -0.25) is 24.4 Å². The fourth-order valence-electron chi connectivity index (χ4n) is 7.80. The Bertz CT molecular complexity index is 2280. The van der Waals surface area contributed by atoms with E-state index in [4.69, 9.17) is 19.6 Å². The molecule has 0 bridgehead atoms. The Morgan fingerprint density at radius 1 is 1.00 bits per heavy atom. The second-order valence-electron chi connectivity index (χ2n) is 15.3. The van der Waals surface area contributed by atoms with Crippen molar-refractivity contribution in [2.75, 3.05) is 94.9 Å². The fourth-order valence-corrected chi connectivity index (χ4v) is 9.29. The monoisotopic (exact) mass is 912 g/mol. The Labute approximate surface area is 356 Å². The second-order valence-corrected chi connectivity index (χ2v) is 18.4. The van der Waals surface area contributed by atoms with Gasteiger partial charge in [0, 0.05) is 118 Å². The first-order chi connectivity index (χ1) is 28.8. The Morgan fingerprint density at radius 2 is 1.72 bits per heavy atom. The molecule has 0 radical (unpaired) electrons. The van der Waals surface area contributed by atoms with Gasteiger partial charge in [0.1, 0.15) is 11.6 Å². The Morgan fingerprint density at radius 3 is 2.33 bits per heavy atom. The van der Waals surface area contributed by atoms with Crippen LogP contribution in [0.25, 0.3) is 22.2 Å². The highest BCUT2D eigenvalue weighted by molar-refractivity contribution is 9.10. The summed E-state index contributed by atoms with van der Waals surface area (Å²) < 4.78 is 40.4. The van der Waals surface area contributed by atoms with Crippen LogP contribution < -0.4 is 30.9 Å². The molecule has 3 aromatic heterocycles. The molecule has 0 amide bonds. The lowest BCUT2D eigenvalue weighted by Crippen LogP contribution is -2.59. The third-order valence-corrected chi connectivity index (χ3v) is 13.0. The summed E-state index contributed by atoms with van der Waals surface area (Å²) in [6.45, 7) is 14.5. The average molecular weight is 914 g/mol. The molecule has 0 spiro atoms. The molecule has 60 heavy (non-hydrogen) atoms. The largest absolute Gasteiger partial charge is 0.494 e. The number of nitrogens with one attached hydrogen (secondary N) is 3. The van der Waals surface area contributed by atoms with Gasteiger partial charge in [-0.15, -0.1) is 0 Å². The number of nitrogens with zero attached hydrogens (tertiary/aromatic N) is 9. The van der Waals surface area contributed by atoms with E-state index >= 15 is 0 Å². The van der Waals surface area contributed by atoms with Gasteiger partial charge in [-0.05, 0) is 79.3 Å². The zero-order chi connectivity index (χ0) is 42.6. The molecule has 15 nitrogen and oxygen atoms in total. The van der Waals surface area contributed by atoms with E-state index in [1.807, 2.05) is 24.0 Å². The highest BCUT2D eigenvalue weighted by Gasteiger charge is 2.38. The zero-order valence-electron chi connectivity index (χ0n) is 33.9. The molecule has 8 rings (SSSR count). The summed E-state index contributed by atoms with van der Waals surface area (Å²) in [6, 6.07) is 9.10. The number of carboxylic acid groups (broad SMARTS) is 1. The van der Waals surface area contributed by atoms with Gasteiger partial charge in [0.2, 0.25) is 5.95 Å². The molecule has 4 N–H and O–H groups in total. The SMILES string of the molecule is COc1cc(N2CCN(CC3CCN(C4CNC4)CC3)CC2)c(-c2cnn(C)c2)cc1Nc1ncc(Br)c(Nc2ccc3nccnc3c2P(C)C)n1.O=C(O)C(F)(F)F. The number of fused-ring (bicyclic) bond motifs is 1. The molecule has 0 saturated carbocycles. The van der Waals surface area contributed by atoms with E-state index < -0.39 is 20.1 Å². The van der Waals surface area contributed by atoms with Crippen molar-refractivity contribution in [2.45, 2.75) is 25.1 Å². The maximum atomic E-state index is 10.6. The van der Waals surface area contributed by atoms with Crippen molar-refractivity contribution in [1.82, 2.24) is 44.8 Å². The number of alkyl halides is 3. The normalized spacial score (nSPS) is 17.0. The summed E-state index contributed by atoms with van der Waals surface area (Å²) in [5.41, 5.74) is 6.79. The van der Waals surface area contributed by atoms with Crippen molar-refractivity contribution in [3.8, 4) is 16.9 Å². The van der Waals surface area contributed by atoms with Crippen molar-refractivity contribution in [3.63, 3.8) is 0 Å². The number of halogens is 4. The van der Waals surface area contributed by atoms with Gasteiger partial charge in [0.05, 0.1) is 34.5 Å². The molecule has 3 aliphatic heterocycles. The summed E-state index contributed by atoms with van der Waals surface area (Å²) in [6.07, 6.45) is 6.77. The van der Waals surface area contributed by atoms with Crippen LogP contribution in [0.2, 0.25) is 0 Å². The number of carboxylic acids is 1. The van der Waals surface area contributed by atoms with Crippen molar-refractivity contribution in [1.29, 1.82) is 0 Å². The van der Waals surface area contributed by atoms with Gasteiger partial charge in [0.15, 0.2) is 0 Å². The predicted octanol–water partition coefficient (Wildman–Crippen LogP) is 5.88. The van der Waals surface area contributed by atoms with Crippen molar-refractivity contribution < 1.29 is 27.8 Å². The highest BCUT2D eigenvalue weighted by Crippen LogP contribution is 2.41. The van der Waals surface area contributed by atoms with Gasteiger partial charge in [-0.1, -0.05) is 7.92 Å². The number of benzene rings is 2. The molecule has 3 fully saturated rings. The molecule has 20 heteroatoms. The van der Waals surface area contributed by atoms with E-state index in [-0.39, 0.29) is 0 Å². The third-order valence-electron chi connectivity index (χ3n) is 11.0. The molecule has 5 aromatic rings. The van der Waals surface area contributed by atoms with E-state index in [1.54, 1.807) is 25.7 Å². The Balaban J connectivity index is 0.000000716. The number of likely N-dealkylation sites (tertiary alicyclic amines) is 1. The molecule has 3 aliphatic rings. The molecule has 6 heterocycles.